The molecule has 0 saturated heterocycles. The van der Waals surface area contributed by atoms with Crippen LogP contribution < -0.4 is 15.8 Å². The lowest BCUT2D eigenvalue weighted by molar-refractivity contribution is 0.465. The summed E-state index contributed by atoms with van der Waals surface area (Å²) in [5.41, 5.74) is -1.46. The monoisotopic (exact) mass is 235 g/mol. The molecule has 4 nitrogen and oxygen atoms in total. The number of hydrogen-bond acceptors (Lipinski definition) is 4. The molecule has 0 aliphatic heterocycles. The molecule has 0 aliphatic carbocycles. The number of aromatic hydroxyl groups is 1. The lowest BCUT2D eigenvalue weighted by atomic mass is 9.99. The molecule has 0 saturated carbocycles. The van der Waals surface area contributed by atoms with E-state index in [1.807, 2.05) is 0 Å². The highest BCUT2D eigenvalue weighted by molar-refractivity contribution is 5.75. The first-order valence-electron chi connectivity index (χ1n) is 4.93. The average molecular weight is 235 g/mol. The van der Waals surface area contributed by atoms with Gasteiger partial charge in [-0.3, -0.25) is 9.59 Å². The van der Waals surface area contributed by atoms with Gasteiger partial charge in [-0.1, -0.05) is 0 Å². The van der Waals surface area contributed by atoms with Crippen molar-refractivity contribution in [2.24, 2.45) is 0 Å². The normalized spacial score (nSPS) is 10.8. The minimum absolute atomic E-state index is 0.0438. The molecule has 2 rings (SSSR count). The largest absolute Gasteiger partial charge is 0.503 e. The first-order valence-corrected chi connectivity index (χ1v) is 4.93. The smallest absolute Gasteiger partial charge is 0.268 e. The maximum Gasteiger partial charge on any atom is 0.268 e. The van der Waals surface area contributed by atoms with Crippen LogP contribution >= 0.6 is 0 Å². The van der Waals surface area contributed by atoms with Gasteiger partial charge in [0.25, 0.3) is 5.43 Å². The van der Waals surface area contributed by atoms with Gasteiger partial charge >= 0.3 is 0 Å². The summed E-state index contributed by atoms with van der Waals surface area (Å²) in [6.07, 6.45) is 0. The van der Waals surface area contributed by atoms with Crippen LogP contribution in [0.2, 0.25) is 0 Å². The fourth-order valence-electron chi connectivity index (χ4n) is 1.61. The van der Waals surface area contributed by atoms with Gasteiger partial charge in [0.05, 0.1) is 5.56 Å². The molecule has 0 radical (unpaired) electrons. The minimum Gasteiger partial charge on any atom is -0.503 e. The average Bonchev–Trinajstić information content (AvgIpc) is 2.30. The minimum atomic E-state index is -0.962. The molecule has 17 heavy (non-hydrogen) atoms. The van der Waals surface area contributed by atoms with Crippen LogP contribution in [0.3, 0.4) is 0 Å². The van der Waals surface area contributed by atoms with E-state index in [1.165, 1.54) is 12.1 Å². The molecule has 5 heteroatoms. The number of benzene rings is 1. The SMILES string of the molecule is CN(C)c1ccc(-c2c(O)c(=O)c2=O)c(F)c1. The fraction of sp³-hybridized carbons (Fsp3) is 0.167. The highest BCUT2D eigenvalue weighted by atomic mass is 19.1. The van der Waals surface area contributed by atoms with E-state index in [0.717, 1.165) is 0 Å². The zero-order valence-electron chi connectivity index (χ0n) is 9.32. The Kier molecular flexibility index (Phi) is 2.46. The summed E-state index contributed by atoms with van der Waals surface area (Å²) in [6.45, 7) is 0. The van der Waals surface area contributed by atoms with Crippen LogP contribution in [0, 0.1) is 5.82 Å². The third-order valence-corrected chi connectivity index (χ3v) is 2.62. The predicted octanol–water partition coefficient (Wildman–Crippen LogP) is 0.860. The third kappa shape index (κ3) is 1.60. The Morgan fingerprint density at radius 1 is 1.18 bits per heavy atom. The van der Waals surface area contributed by atoms with Crippen molar-refractivity contribution >= 4 is 5.69 Å². The van der Waals surface area contributed by atoms with Crippen molar-refractivity contribution < 1.29 is 9.50 Å². The van der Waals surface area contributed by atoms with Crippen molar-refractivity contribution in [3.8, 4) is 16.9 Å². The molecular weight excluding hydrogens is 225 g/mol. The van der Waals surface area contributed by atoms with E-state index < -0.39 is 22.4 Å². The van der Waals surface area contributed by atoms with Gasteiger partial charge in [0.2, 0.25) is 5.43 Å². The Labute approximate surface area is 96.2 Å². The number of nitrogens with zero attached hydrogens (tertiary/aromatic N) is 1. The van der Waals surface area contributed by atoms with Crippen molar-refractivity contribution in [1.82, 2.24) is 0 Å². The van der Waals surface area contributed by atoms with Crippen LogP contribution in [0.1, 0.15) is 0 Å². The molecule has 88 valence electrons. The van der Waals surface area contributed by atoms with Gasteiger partial charge in [-0.05, 0) is 18.2 Å². The first-order chi connectivity index (χ1) is 7.93. The topological polar surface area (TPSA) is 57.6 Å². The van der Waals surface area contributed by atoms with E-state index in [1.54, 1.807) is 25.1 Å². The maximum atomic E-state index is 13.7. The van der Waals surface area contributed by atoms with Gasteiger partial charge in [0.15, 0.2) is 5.75 Å². The van der Waals surface area contributed by atoms with E-state index in [0.29, 0.717) is 5.69 Å². The quantitative estimate of drug-likeness (QED) is 0.784. The van der Waals surface area contributed by atoms with Crippen molar-refractivity contribution in [2.75, 3.05) is 19.0 Å². The number of anilines is 1. The van der Waals surface area contributed by atoms with Crippen molar-refractivity contribution in [3.63, 3.8) is 0 Å². The van der Waals surface area contributed by atoms with Crippen LogP contribution in [-0.2, 0) is 0 Å². The summed E-state index contributed by atoms with van der Waals surface area (Å²) < 4.78 is 13.7. The molecule has 0 heterocycles. The second-order valence-corrected chi connectivity index (χ2v) is 3.94. The van der Waals surface area contributed by atoms with Gasteiger partial charge in [-0.15, -0.1) is 0 Å². The highest BCUT2D eigenvalue weighted by Gasteiger charge is 2.24. The zero-order chi connectivity index (χ0) is 12.7. The van der Waals surface area contributed by atoms with E-state index >= 15 is 0 Å². The third-order valence-electron chi connectivity index (χ3n) is 2.62. The van der Waals surface area contributed by atoms with Crippen molar-refractivity contribution in [3.05, 3.63) is 44.5 Å². The van der Waals surface area contributed by atoms with Crippen molar-refractivity contribution in [1.29, 1.82) is 0 Å². The molecule has 0 atom stereocenters. The number of rotatable bonds is 2. The number of hydrogen-bond donors (Lipinski definition) is 1. The fourth-order valence-corrected chi connectivity index (χ4v) is 1.61. The molecule has 0 bridgehead atoms. The molecule has 1 N–H and O–H groups in total. The Morgan fingerprint density at radius 3 is 2.29 bits per heavy atom. The second-order valence-electron chi connectivity index (χ2n) is 3.94. The molecule has 0 amide bonds. The Hall–Kier alpha value is -2.17. The van der Waals surface area contributed by atoms with Gasteiger partial charge in [-0.2, -0.15) is 0 Å². The molecule has 0 spiro atoms. The summed E-state index contributed by atoms with van der Waals surface area (Å²) in [5, 5.41) is 9.24. The van der Waals surface area contributed by atoms with Crippen LogP contribution in [0.15, 0.2) is 27.8 Å². The van der Waals surface area contributed by atoms with Crippen molar-refractivity contribution in [2.45, 2.75) is 0 Å². The van der Waals surface area contributed by atoms with Gasteiger partial charge in [-0.25, -0.2) is 4.39 Å². The maximum absolute atomic E-state index is 13.7. The van der Waals surface area contributed by atoms with E-state index in [-0.39, 0.29) is 11.1 Å². The molecule has 0 fully saturated rings. The van der Waals surface area contributed by atoms with Crippen LogP contribution in [-0.4, -0.2) is 19.2 Å². The second kappa shape index (κ2) is 3.69. The van der Waals surface area contributed by atoms with Crippen LogP contribution in [0.25, 0.3) is 11.1 Å². The Morgan fingerprint density at radius 2 is 1.82 bits per heavy atom. The lowest BCUT2D eigenvalue weighted by Gasteiger charge is -2.14. The van der Waals surface area contributed by atoms with Gasteiger partial charge in [0, 0.05) is 25.3 Å². The molecule has 0 unspecified atom stereocenters. The number of halogens is 1. The summed E-state index contributed by atoms with van der Waals surface area (Å²) in [4.78, 5) is 23.7. The summed E-state index contributed by atoms with van der Waals surface area (Å²) in [7, 11) is 3.51. The molecular formula is C12H10FNO3. The molecule has 2 aromatic carbocycles. The summed E-state index contributed by atoms with van der Waals surface area (Å²) in [5.74, 6) is -1.30. The standard InChI is InChI=1S/C12H10FNO3/c1-14(2)6-3-4-7(8(13)5-6)9-10(15)12(17)11(9)16/h3-5,15H,1-2H3. The predicted molar refractivity (Wildman–Crippen MR) is 62.7 cm³/mol. The zero-order valence-corrected chi connectivity index (χ0v) is 9.32. The molecule has 0 aliphatic rings. The van der Waals surface area contributed by atoms with E-state index in [9.17, 15) is 19.1 Å². The first kappa shape index (κ1) is 11.3. The summed E-state index contributed by atoms with van der Waals surface area (Å²) in [6, 6.07) is 4.22. The van der Waals surface area contributed by atoms with Gasteiger partial charge < -0.3 is 10.0 Å². The Bertz CT molecular complexity index is 654. The molecule has 2 aromatic rings. The van der Waals surface area contributed by atoms with Crippen LogP contribution in [0.5, 0.6) is 5.75 Å². The lowest BCUT2D eigenvalue weighted by Crippen LogP contribution is -2.32. The van der Waals surface area contributed by atoms with E-state index in [2.05, 4.69) is 0 Å². The van der Waals surface area contributed by atoms with E-state index in [4.69, 9.17) is 0 Å². The van der Waals surface area contributed by atoms with Gasteiger partial charge in [0.1, 0.15) is 5.82 Å². The van der Waals surface area contributed by atoms with Crippen LogP contribution in [0.4, 0.5) is 10.1 Å². The summed E-state index contributed by atoms with van der Waals surface area (Å²) >= 11 is 0. The Balaban J connectivity index is 2.56. The molecule has 0 aromatic heterocycles. The highest BCUT2D eigenvalue weighted by Crippen LogP contribution is 2.29.